The zero-order chi connectivity index (χ0) is 23.2. The fourth-order valence-electron chi connectivity index (χ4n) is 3.57. The van der Waals surface area contributed by atoms with Crippen LogP contribution in [0, 0.1) is 0 Å². The first-order chi connectivity index (χ1) is 15.6. The van der Waals surface area contributed by atoms with Gasteiger partial charge in [0.2, 0.25) is 11.8 Å². The summed E-state index contributed by atoms with van der Waals surface area (Å²) >= 11 is 0. The first-order valence-corrected chi connectivity index (χ1v) is 11.4. The van der Waals surface area contributed by atoms with Crippen molar-refractivity contribution in [3.05, 3.63) is 72.6 Å². The average Bonchev–Trinajstić information content (AvgIpc) is 3.23. The van der Waals surface area contributed by atoms with Crippen molar-refractivity contribution in [2.75, 3.05) is 33.4 Å². The van der Waals surface area contributed by atoms with E-state index < -0.39 is 0 Å². The third-order valence-electron chi connectivity index (χ3n) is 5.41. The minimum absolute atomic E-state index is 0.00541. The highest BCUT2D eigenvalue weighted by Gasteiger charge is 2.21. The van der Waals surface area contributed by atoms with Crippen molar-refractivity contribution in [3.63, 3.8) is 0 Å². The second-order valence-electron chi connectivity index (χ2n) is 7.94. The van der Waals surface area contributed by atoms with E-state index in [2.05, 4.69) is 30.2 Å². The lowest BCUT2D eigenvalue weighted by Crippen LogP contribution is -2.44. The Kier molecular flexibility index (Phi) is 11.3. The highest BCUT2D eigenvalue weighted by molar-refractivity contribution is 5.85. The third-order valence-corrected chi connectivity index (χ3v) is 5.41. The number of carbonyl (C=O) groups excluding carboxylic acids is 2. The molecule has 2 rings (SSSR count). The van der Waals surface area contributed by atoms with E-state index in [1.165, 1.54) is 5.56 Å². The zero-order valence-corrected chi connectivity index (χ0v) is 19.5. The van der Waals surface area contributed by atoms with E-state index in [0.717, 1.165) is 31.5 Å². The molecule has 0 atom stereocenters. The number of hydrogen-bond acceptors (Lipinski definition) is 3. The molecule has 0 aliphatic heterocycles. The van der Waals surface area contributed by atoms with Crippen molar-refractivity contribution in [3.8, 4) is 0 Å². The molecule has 1 heterocycles. The summed E-state index contributed by atoms with van der Waals surface area (Å²) in [5.41, 5.74) is 2.25. The van der Waals surface area contributed by atoms with Gasteiger partial charge in [-0.1, -0.05) is 56.2 Å². The molecule has 0 saturated carbocycles. The molecule has 0 bridgehead atoms. The lowest BCUT2D eigenvalue weighted by Gasteiger charge is -2.27. The third kappa shape index (κ3) is 8.35. The normalized spacial score (nSPS) is 10.7. The second-order valence-corrected chi connectivity index (χ2v) is 7.94. The Bertz CT molecular complexity index is 832. The van der Waals surface area contributed by atoms with E-state index in [1.807, 2.05) is 36.5 Å². The van der Waals surface area contributed by atoms with E-state index in [1.54, 1.807) is 23.0 Å². The Morgan fingerprint density at radius 3 is 2.53 bits per heavy atom. The number of nitrogens with zero attached hydrogens (tertiary/aromatic N) is 3. The quantitative estimate of drug-likeness (QED) is 0.310. The summed E-state index contributed by atoms with van der Waals surface area (Å²) in [6, 6.07) is 14.3. The SMILES string of the molecule is C=CCN(CC(=O)N(CCOC)Cc1cccn1Cc1ccccc1)C(=O)CCCCC. The minimum Gasteiger partial charge on any atom is -0.383 e. The minimum atomic E-state index is -0.0831. The summed E-state index contributed by atoms with van der Waals surface area (Å²) in [5.74, 6) is -0.0777. The molecule has 0 unspecified atom stereocenters. The molecular weight excluding hydrogens is 402 g/mol. The summed E-state index contributed by atoms with van der Waals surface area (Å²) < 4.78 is 7.39. The topological polar surface area (TPSA) is 54.8 Å². The van der Waals surface area contributed by atoms with Crippen LogP contribution in [0.15, 0.2) is 61.3 Å². The van der Waals surface area contributed by atoms with Crippen LogP contribution in [0.5, 0.6) is 0 Å². The smallest absolute Gasteiger partial charge is 0.242 e. The molecule has 0 radical (unpaired) electrons. The first-order valence-electron chi connectivity index (χ1n) is 11.4. The molecule has 2 amide bonds. The Morgan fingerprint density at radius 1 is 1.06 bits per heavy atom. The van der Waals surface area contributed by atoms with Crippen LogP contribution < -0.4 is 0 Å². The predicted octanol–water partition coefficient (Wildman–Crippen LogP) is 4.11. The van der Waals surface area contributed by atoms with Gasteiger partial charge in [0.15, 0.2) is 0 Å². The Morgan fingerprint density at radius 2 is 1.84 bits per heavy atom. The molecule has 0 spiro atoms. The van der Waals surface area contributed by atoms with Crippen LogP contribution >= 0.6 is 0 Å². The van der Waals surface area contributed by atoms with Crippen LogP contribution in [0.25, 0.3) is 0 Å². The number of unbranched alkanes of at least 4 members (excludes halogenated alkanes) is 2. The molecule has 0 fully saturated rings. The highest BCUT2D eigenvalue weighted by Crippen LogP contribution is 2.12. The van der Waals surface area contributed by atoms with E-state index in [9.17, 15) is 9.59 Å². The molecule has 2 aromatic rings. The highest BCUT2D eigenvalue weighted by atomic mass is 16.5. The fraction of sp³-hybridized carbons (Fsp3) is 0.462. The molecule has 0 saturated heterocycles. The summed E-state index contributed by atoms with van der Waals surface area (Å²) in [7, 11) is 1.63. The summed E-state index contributed by atoms with van der Waals surface area (Å²) in [4.78, 5) is 29.2. The van der Waals surface area contributed by atoms with Gasteiger partial charge >= 0.3 is 0 Å². The standard InChI is InChI=1S/C26H37N3O3/c1-4-6-8-15-25(30)28(16-5-2)22-26(31)29(18-19-32-3)21-24-14-11-17-27(24)20-23-12-9-7-10-13-23/h5,7,9-14,17H,2,4,6,8,15-16,18-22H2,1,3H3. The van der Waals surface area contributed by atoms with Crippen molar-refractivity contribution in [1.82, 2.24) is 14.4 Å². The van der Waals surface area contributed by atoms with Crippen LogP contribution in [-0.2, 0) is 27.4 Å². The maximum atomic E-state index is 13.2. The Labute approximate surface area is 192 Å². The van der Waals surface area contributed by atoms with Crippen molar-refractivity contribution in [2.24, 2.45) is 0 Å². The van der Waals surface area contributed by atoms with Gasteiger partial charge in [0.1, 0.15) is 6.54 Å². The molecule has 6 nitrogen and oxygen atoms in total. The zero-order valence-electron chi connectivity index (χ0n) is 19.5. The predicted molar refractivity (Wildman–Crippen MR) is 128 cm³/mol. The fourth-order valence-corrected chi connectivity index (χ4v) is 3.57. The van der Waals surface area contributed by atoms with Crippen LogP contribution in [0.4, 0.5) is 0 Å². The van der Waals surface area contributed by atoms with Gasteiger partial charge < -0.3 is 19.1 Å². The molecule has 0 N–H and O–H groups in total. The molecular formula is C26H37N3O3. The lowest BCUT2D eigenvalue weighted by atomic mass is 10.2. The molecule has 6 heteroatoms. The van der Waals surface area contributed by atoms with Gasteiger partial charge in [-0.25, -0.2) is 0 Å². The average molecular weight is 440 g/mol. The Balaban J connectivity index is 2.08. The van der Waals surface area contributed by atoms with Gasteiger partial charge in [-0.3, -0.25) is 9.59 Å². The number of aromatic nitrogens is 1. The molecule has 0 aliphatic carbocycles. The van der Waals surface area contributed by atoms with Crippen molar-refractivity contribution in [1.29, 1.82) is 0 Å². The molecule has 0 aliphatic rings. The van der Waals surface area contributed by atoms with Gasteiger partial charge in [-0.2, -0.15) is 0 Å². The maximum absolute atomic E-state index is 13.2. The monoisotopic (exact) mass is 439 g/mol. The first kappa shape index (κ1) is 25.4. The van der Waals surface area contributed by atoms with Gasteiger partial charge in [-0.05, 0) is 24.1 Å². The van der Waals surface area contributed by atoms with Crippen LogP contribution in [0.2, 0.25) is 0 Å². The number of amides is 2. The van der Waals surface area contributed by atoms with E-state index in [0.29, 0.717) is 32.7 Å². The van der Waals surface area contributed by atoms with Crippen LogP contribution in [0.1, 0.15) is 43.9 Å². The lowest BCUT2D eigenvalue weighted by molar-refractivity contribution is -0.141. The van der Waals surface area contributed by atoms with Crippen molar-refractivity contribution < 1.29 is 14.3 Å². The number of rotatable bonds is 15. The molecule has 32 heavy (non-hydrogen) atoms. The number of ether oxygens (including phenoxy) is 1. The largest absolute Gasteiger partial charge is 0.383 e. The van der Waals surface area contributed by atoms with Gasteiger partial charge in [0.25, 0.3) is 0 Å². The number of hydrogen-bond donors (Lipinski definition) is 0. The van der Waals surface area contributed by atoms with Crippen LogP contribution in [0.3, 0.4) is 0 Å². The van der Waals surface area contributed by atoms with E-state index in [-0.39, 0.29) is 18.4 Å². The van der Waals surface area contributed by atoms with E-state index in [4.69, 9.17) is 4.74 Å². The summed E-state index contributed by atoms with van der Waals surface area (Å²) in [6.45, 7) is 8.41. The number of carbonyl (C=O) groups is 2. The van der Waals surface area contributed by atoms with Gasteiger partial charge in [0, 0.05) is 45.1 Å². The van der Waals surface area contributed by atoms with E-state index >= 15 is 0 Å². The molecule has 1 aromatic heterocycles. The summed E-state index contributed by atoms with van der Waals surface area (Å²) in [6.07, 6.45) is 7.09. The van der Waals surface area contributed by atoms with Gasteiger partial charge in [-0.15, -0.1) is 6.58 Å². The second kappa shape index (κ2) is 14.2. The van der Waals surface area contributed by atoms with Gasteiger partial charge in [0.05, 0.1) is 13.2 Å². The summed E-state index contributed by atoms with van der Waals surface area (Å²) in [5, 5.41) is 0. The number of methoxy groups -OCH3 is 1. The molecule has 174 valence electrons. The Hall–Kier alpha value is -2.86. The maximum Gasteiger partial charge on any atom is 0.242 e. The van der Waals surface area contributed by atoms with Crippen molar-refractivity contribution in [2.45, 2.75) is 45.7 Å². The number of benzene rings is 1. The molecule has 1 aromatic carbocycles. The van der Waals surface area contributed by atoms with Crippen molar-refractivity contribution >= 4 is 11.8 Å². The van der Waals surface area contributed by atoms with Crippen LogP contribution in [-0.4, -0.2) is 59.5 Å².